The quantitative estimate of drug-likeness (QED) is 0.491. The molecule has 146 valence electrons. The van der Waals surface area contributed by atoms with E-state index in [2.05, 4.69) is 58.3 Å². The lowest BCUT2D eigenvalue weighted by Crippen LogP contribution is -2.06. The number of hydrogen-bond acceptors (Lipinski definition) is 3. The van der Waals surface area contributed by atoms with E-state index in [-0.39, 0.29) is 0 Å². The Morgan fingerprint density at radius 3 is 2.55 bits per heavy atom. The Balaban J connectivity index is 1.71. The molecule has 0 amide bonds. The molecule has 0 fully saturated rings. The van der Waals surface area contributed by atoms with Gasteiger partial charge in [0.05, 0.1) is 17.8 Å². The van der Waals surface area contributed by atoms with Gasteiger partial charge < -0.3 is 9.13 Å². The average molecular weight is 383 g/mol. The number of nitrogens with zero attached hydrogens (tertiary/aromatic N) is 5. The molecule has 0 spiro atoms. The maximum atomic E-state index is 9.47. The van der Waals surface area contributed by atoms with Crippen molar-refractivity contribution in [3.8, 4) is 17.3 Å². The lowest BCUT2D eigenvalue weighted by Gasteiger charge is -2.10. The molecule has 0 saturated heterocycles. The molecule has 1 aromatic carbocycles. The lowest BCUT2D eigenvalue weighted by atomic mass is 10.1. The molecule has 4 aromatic rings. The molecule has 5 nitrogen and oxygen atoms in total. The minimum Gasteiger partial charge on any atom is -0.347 e. The van der Waals surface area contributed by atoms with Crippen LogP contribution in [0.2, 0.25) is 0 Å². The average Bonchev–Trinajstić information content (AvgIpc) is 3.21. The van der Waals surface area contributed by atoms with Crippen molar-refractivity contribution in [2.24, 2.45) is 7.05 Å². The second-order valence-electron chi connectivity index (χ2n) is 7.58. The predicted octanol–water partition coefficient (Wildman–Crippen LogP) is 4.93. The maximum Gasteiger partial charge on any atom is 0.160 e. The molecular formula is C24H25N5. The number of fused-ring (bicyclic) bond motifs is 1. The van der Waals surface area contributed by atoms with Crippen molar-refractivity contribution in [1.82, 2.24) is 19.1 Å². The van der Waals surface area contributed by atoms with Gasteiger partial charge in [0.2, 0.25) is 0 Å². The lowest BCUT2D eigenvalue weighted by molar-refractivity contribution is 0.716. The van der Waals surface area contributed by atoms with E-state index in [0.29, 0.717) is 5.56 Å². The van der Waals surface area contributed by atoms with Crippen LogP contribution >= 0.6 is 0 Å². The largest absolute Gasteiger partial charge is 0.347 e. The van der Waals surface area contributed by atoms with Crippen LogP contribution < -0.4 is 0 Å². The second kappa shape index (κ2) is 7.56. The molecule has 0 aliphatic heterocycles. The number of benzene rings is 1. The monoisotopic (exact) mass is 383 g/mol. The number of hydrogen-bond donors (Lipinski definition) is 0. The summed E-state index contributed by atoms with van der Waals surface area (Å²) in [6, 6.07) is 14.7. The van der Waals surface area contributed by atoms with Gasteiger partial charge in [-0.15, -0.1) is 0 Å². The SMILES string of the molecule is CCCc1nc2c(C)ccnc2n1Cc1ccc(-c2c(C#N)cc(C)n2C)cc1. The van der Waals surface area contributed by atoms with Crippen molar-refractivity contribution in [1.29, 1.82) is 5.26 Å². The molecule has 29 heavy (non-hydrogen) atoms. The van der Waals surface area contributed by atoms with Gasteiger partial charge in [-0.3, -0.25) is 0 Å². The highest BCUT2D eigenvalue weighted by Crippen LogP contribution is 2.27. The number of rotatable bonds is 5. The number of imidazole rings is 1. The first-order chi connectivity index (χ1) is 14.0. The zero-order valence-corrected chi connectivity index (χ0v) is 17.4. The summed E-state index contributed by atoms with van der Waals surface area (Å²) in [5.41, 5.74) is 8.10. The minimum absolute atomic E-state index is 0.711. The van der Waals surface area contributed by atoms with Crippen LogP contribution in [0.1, 0.15) is 41.6 Å². The number of nitriles is 1. The number of aromatic nitrogens is 4. The van der Waals surface area contributed by atoms with E-state index < -0.39 is 0 Å². The van der Waals surface area contributed by atoms with Crippen LogP contribution in [0.4, 0.5) is 0 Å². The van der Waals surface area contributed by atoms with E-state index in [9.17, 15) is 5.26 Å². The van der Waals surface area contributed by atoms with Crippen LogP contribution in [-0.4, -0.2) is 19.1 Å². The van der Waals surface area contributed by atoms with Gasteiger partial charge in [0.1, 0.15) is 17.4 Å². The maximum absolute atomic E-state index is 9.47. The van der Waals surface area contributed by atoms with E-state index >= 15 is 0 Å². The summed E-state index contributed by atoms with van der Waals surface area (Å²) in [5, 5.41) is 9.47. The van der Waals surface area contributed by atoms with Gasteiger partial charge in [0.15, 0.2) is 5.65 Å². The molecule has 0 atom stereocenters. The van der Waals surface area contributed by atoms with Gasteiger partial charge in [-0.05, 0) is 49.1 Å². The highest BCUT2D eigenvalue weighted by molar-refractivity contribution is 5.75. The Bertz CT molecular complexity index is 1220. The normalized spacial score (nSPS) is 11.1. The van der Waals surface area contributed by atoms with Crippen molar-refractivity contribution >= 4 is 11.2 Å². The third-order valence-corrected chi connectivity index (χ3v) is 5.55. The zero-order valence-electron chi connectivity index (χ0n) is 17.4. The smallest absolute Gasteiger partial charge is 0.160 e. The van der Waals surface area contributed by atoms with E-state index in [1.165, 1.54) is 5.56 Å². The molecule has 5 heteroatoms. The zero-order chi connectivity index (χ0) is 20.5. The van der Waals surface area contributed by atoms with Gasteiger partial charge in [-0.2, -0.15) is 5.26 Å². The van der Waals surface area contributed by atoms with Crippen LogP contribution in [-0.2, 0) is 20.0 Å². The van der Waals surface area contributed by atoms with Crippen molar-refractivity contribution in [2.45, 2.75) is 40.2 Å². The van der Waals surface area contributed by atoms with E-state index in [0.717, 1.165) is 58.9 Å². The fourth-order valence-electron chi connectivity index (χ4n) is 3.88. The van der Waals surface area contributed by atoms with Gasteiger partial charge in [-0.1, -0.05) is 31.2 Å². The first-order valence-corrected chi connectivity index (χ1v) is 10.00. The van der Waals surface area contributed by atoms with Crippen LogP contribution in [0.3, 0.4) is 0 Å². The molecule has 0 unspecified atom stereocenters. The second-order valence-corrected chi connectivity index (χ2v) is 7.58. The topological polar surface area (TPSA) is 59.4 Å². The molecule has 0 aliphatic rings. The van der Waals surface area contributed by atoms with Crippen molar-refractivity contribution in [3.63, 3.8) is 0 Å². The van der Waals surface area contributed by atoms with Gasteiger partial charge in [0.25, 0.3) is 0 Å². The Morgan fingerprint density at radius 1 is 1.10 bits per heavy atom. The Kier molecular flexibility index (Phi) is 4.94. The first kappa shape index (κ1) is 18.9. The summed E-state index contributed by atoms with van der Waals surface area (Å²) in [4.78, 5) is 9.47. The fraction of sp³-hybridized carbons (Fsp3) is 0.292. The molecule has 4 rings (SSSR count). The summed E-state index contributed by atoms with van der Waals surface area (Å²) in [7, 11) is 2.00. The highest BCUT2D eigenvalue weighted by Gasteiger charge is 2.15. The summed E-state index contributed by atoms with van der Waals surface area (Å²) >= 11 is 0. The summed E-state index contributed by atoms with van der Waals surface area (Å²) < 4.78 is 4.30. The third-order valence-electron chi connectivity index (χ3n) is 5.55. The number of aryl methyl sites for hydroxylation is 3. The van der Waals surface area contributed by atoms with Crippen LogP contribution in [0.15, 0.2) is 42.6 Å². The molecule has 0 radical (unpaired) electrons. The molecule has 0 saturated carbocycles. The summed E-state index contributed by atoms with van der Waals surface area (Å²) in [6.07, 6.45) is 3.84. The Morgan fingerprint density at radius 2 is 1.86 bits per heavy atom. The van der Waals surface area contributed by atoms with Crippen molar-refractivity contribution in [3.05, 3.63) is 70.8 Å². The van der Waals surface area contributed by atoms with Crippen LogP contribution in [0.25, 0.3) is 22.4 Å². The van der Waals surface area contributed by atoms with Crippen LogP contribution in [0, 0.1) is 25.2 Å². The summed E-state index contributed by atoms with van der Waals surface area (Å²) in [6.45, 7) is 7.01. The van der Waals surface area contributed by atoms with Crippen molar-refractivity contribution < 1.29 is 0 Å². The molecule has 0 N–H and O–H groups in total. The summed E-state index contributed by atoms with van der Waals surface area (Å²) in [5.74, 6) is 1.08. The highest BCUT2D eigenvalue weighted by atomic mass is 15.1. The van der Waals surface area contributed by atoms with E-state index in [4.69, 9.17) is 4.98 Å². The van der Waals surface area contributed by atoms with Gasteiger partial charge in [0, 0.05) is 25.4 Å². The van der Waals surface area contributed by atoms with Gasteiger partial charge >= 0.3 is 0 Å². The number of pyridine rings is 1. The van der Waals surface area contributed by atoms with Crippen LogP contribution in [0.5, 0.6) is 0 Å². The van der Waals surface area contributed by atoms with E-state index in [1.807, 2.05) is 32.3 Å². The molecule has 0 bridgehead atoms. The molecule has 0 aliphatic carbocycles. The van der Waals surface area contributed by atoms with Crippen molar-refractivity contribution in [2.75, 3.05) is 0 Å². The molecule has 3 aromatic heterocycles. The fourth-order valence-corrected chi connectivity index (χ4v) is 3.88. The Hall–Kier alpha value is -3.39. The molecular weight excluding hydrogens is 358 g/mol. The minimum atomic E-state index is 0.711. The predicted molar refractivity (Wildman–Crippen MR) is 116 cm³/mol. The standard InChI is InChI=1S/C24H25N5/c1-5-6-21-27-22-16(2)11-12-26-24(22)29(21)15-18-7-9-19(10-8-18)23-20(14-25)13-17(3)28(23)4/h7-13H,5-6,15H2,1-4H3. The Labute approximate surface area is 171 Å². The van der Waals surface area contributed by atoms with E-state index in [1.54, 1.807) is 0 Å². The van der Waals surface area contributed by atoms with Gasteiger partial charge in [-0.25, -0.2) is 9.97 Å². The molecule has 3 heterocycles. The first-order valence-electron chi connectivity index (χ1n) is 10.00. The third kappa shape index (κ3) is 3.31.